The Morgan fingerprint density at radius 1 is 1.73 bits per heavy atom. The minimum atomic E-state index is -0.932. The van der Waals surface area contributed by atoms with Crippen LogP contribution in [-0.2, 0) is 11.2 Å². The van der Waals surface area contributed by atoms with Crippen molar-refractivity contribution in [3.05, 3.63) is 5.82 Å². The molecule has 1 N–H and O–H groups in total. The van der Waals surface area contributed by atoms with Gasteiger partial charge in [-0.05, 0) is 0 Å². The van der Waals surface area contributed by atoms with E-state index in [-0.39, 0.29) is 13.1 Å². The third kappa shape index (κ3) is 3.22. The van der Waals surface area contributed by atoms with Gasteiger partial charge in [0, 0.05) is 18.0 Å². The molecule has 0 amide bonds. The molecule has 1 rings (SSSR count). The average molecular weight is 225 g/mol. The first-order chi connectivity index (χ1) is 7.17. The number of aryl methyl sites for hydroxylation is 1. The summed E-state index contributed by atoms with van der Waals surface area (Å²) in [5.41, 5.74) is 0. The Labute approximate surface area is 91.9 Å². The second-order valence-corrected chi connectivity index (χ2v) is 3.53. The van der Waals surface area contributed by atoms with Crippen LogP contribution in [0.25, 0.3) is 0 Å². The van der Waals surface area contributed by atoms with E-state index in [1.54, 1.807) is 0 Å². The van der Waals surface area contributed by atoms with E-state index in [0.29, 0.717) is 11.0 Å². The van der Waals surface area contributed by atoms with E-state index in [9.17, 15) is 4.79 Å². The fraction of sp³-hybridized carbons (Fsp3) is 0.444. The predicted molar refractivity (Wildman–Crippen MR) is 58.0 cm³/mol. The molecule has 15 heavy (non-hydrogen) atoms. The summed E-state index contributed by atoms with van der Waals surface area (Å²) in [6.45, 7) is 2.02. The molecule has 6 heteroatoms. The largest absolute Gasteiger partial charge is 0.480 e. The molecule has 1 heterocycles. The number of anilines is 1. The zero-order valence-electron chi connectivity index (χ0n) is 8.30. The van der Waals surface area contributed by atoms with Gasteiger partial charge in [0.1, 0.15) is 12.4 Å². The van der Waals surface area contributed by atoms with Crippen LogP contribution in [0.4, 0.5) is 5.13 Å². The van der Waals surface area contributed by atoms with Gasteiger partial charge >= 0.3 is 5.97 Å². The summed E-state index contributed by atoms with van der Waals surface area (Å²) in [6, 6.07) is 0. The van der Waals surface area contributed by atoms with E-state index < -0.39 is 5.97 Å². The van der Waals surface area contributed by atoms with Crippen molar-refractivity contribution < 1.29 is 9.90 Å². The third-order valence-electron chi connectivity index (χ3n) is 1.65. The number of rotatable bonds is 5. The number of terminal acetylenes is 1. The fourth-order valence-electron chi connectivity index (χ4n) is 0.981. The van der Waals surface area contributed by atoms with E-state index in [0.717, 1.165) is 6.42 Å². The standard InChI is InChI=1S/C9H11N3O2S/c1-3-5-12(6-8(13)14)9-10-7(4-2)11-15-9/h1H,4-6H2,2H3,(H,13,14). The molecule has 0 bridgehead atoms. The lowest BCUT2D eigenvalue weighted by Gasteiger charge is -2.14. The topological polar surface area (TPSA) is 66.3 Å². The highest BCUT2D eigenvalue weighted by atomic mass is 32.1. The molecule has 0 spiro atoms. The molecule has 0 radical (unpaired) electrons. The van der Waals surface area contributed by atoms with Crippen LogP contribution < -0.4 is 4.90 Å². The maximum absolute atomic E-state index is 10.6. The number of nitrogens with zero attached hydrogens (tertiary/aromatic N) is 3. The van der Waals surface area contributed by atoms with Gasteiger partial charge in [0.05, 0.1) is 6.54 Å². The summed E-state index contributed by atoms with van der Waals surface area (Å²) in [6.07, 6.45) is 5.88. The maximum atomic E-state index is 10.6. The smallest absolute Gasteiger partial charge is 0.323 e. The van der Waals surface area contributed by atoms with Crippen LogP contribution in [0.15, 0.2) is 0 Å². The Bertz CT molecular complexity index is 383. The van der Waals surface area contributed by atoms with Crippen LogP contribution in [0, 0.1) is 12.3 Å². The predicted octanol–water partition coefficient (Wildman–Crippen LogP) is 0.625. The average Bonchev–Trinajstić information content (AvgIpc) is 2.64. The van der Waals surface area contributed by atoms with Crippen LogP contribution in [0.2, 0.25) is 0 Å². The van der Waals surface area contributed by atoms with Gasteiger partial charge in [-0.15, -0.1) is 6.42 Å². The Morgan fingerprint density at radius 3 is 2.93 bits per heavy atom. The molecule has 0 aliphatic rings. The van der Waals surface area contributed by atoms with Crippen LogP contribution in [0.3, 0.4) is 0 Å². The van der Waals surface area contributed by atoms with Crippen LogP contribution in [0.1, 0.15) is 12.7 Å². The SMILES string of the molecule is C#CCN(CC(=O)O)c1nc(CC)ns1. The van der Waals surface area contributed by atoms with Crippen molar-refractivity contribution in [2.75, 3.05) is 18.0 Å². The number of hydrogen-bond donors (Lipinski definition) is 1. The minimum Gasteiger partial charge on any atom is -0.480 e. The second-order valence-electron chi connectivity index (χ2n) is 2.80. The van der Waals surface area contributed by atoms with Gasteiger partial charge in [-0.3, -0.25) is 4.79 Å². The van der Waals surface area contributed by atoms with Gasteiger partial charge in [0.25, 0.3) is 0 Å². The molecular weight excluding hydrogens is 214 g/mol. The lowest BCUT2D eigenvalue weighted by atomic mass is 10.5. The Hall–Kier alpha value is -1.61. The number of carbonyl (C=O) groups is 1. The molecule has 0 atom stereocenters. The van der Waals surface area contributed by atoms with E-state index >= 15 is 0 Å². The normalized spacial score (nSPS) is 9.60. The van der Waals surface area contributed by atoms with Gasteiger partial charge < -0.3 is 10.0 Å². The van der Waals surface area contributed by atoms with Crippen molar-refractivity contribution in [2.45, 2.75) is 13.3 Å². The van der Waals surface area contributed by atoms with Crippen molar-refractivity contribution in [2.24, 2.45) is 0 Å². The maximum Gasteiger partial charge on any atom is 0.323 e. The van der Waals surface area contributed by atoms with Gasteiger partial charge in [-0.1, -0.05) is 12.8 Å². The van der Waals surface area contributed by atoms with Gasteiger partial charge in [-0.2, -0.15) is 4.37 Å². The monoisotopic (exact) mass is 225 g/mol. The van der Waals surface area contributed by atoms with E-state index in [2.05, 4.69) is 15.3 Å². The highest BCUT2D eigenvalue weighted by molar-refractivity contribution is 7.09. The first-order valence-electron chi connectivity index (χ1n) is 4.40. The first kappa shape index (κ1) is 11.5. The van der Waals surface area contributed by atoms with E-state index in [1.807, 2.05) is 6.92 Å². The summed E-state index contributed by atoms with van der Waals surface area (Å²) in [7, 11) is 0. The molecule has 1 aromatic rings. The zero-order valence-corrected chi connectivity index (χ0v) is 9.12. The molecule has 0 aliphatic heterocycles. The number of carboxylic acid groups (broad SMARTS) is 1. The summed E-state index contributed by atoms with van der Waals surface area (Å²) < 4.78 is 4.07. The van der Waals surface area contributed by atoms with Crippen molar-refractivity contribution >= 4 is 22.6 Å². The second kappa shape index (κ2) is 5.32. The highest BCUT2D eigenvalue weighted by Crippen LogP contribution is 2.16. The molecule has 0 saturated heterocycles. The van der Waals surface area contributed by atoms with Gasteiger partial charge in [0.2, 0.25) is 5.13 Å². The van der Waals surface area contributed by atoms with Gasteiger partial charge in [-0.25, -0.2) is 4.98 Å². The number of carboxylic acids is 1. The highest BCUT2D eigenvalue weighted by Gasteiger charge is 2.13. The number of aromatic nitrogens is 2. The molecule has 0 saturated carbocycles. The van der Waals surface area contributed by atoms with Crippen LogP contribution in [0.5, 0.6) is 0 Å². The minimum absolute atomic E-state index is 0.150. The molecule has 0 unspecified atom stereocenters. The quantitative estimate of drug-likeness (QED) is 0.744. The van der Waals surface area contributed by atoms with E-state index in [1.165, 1.54) is 16.4 Å². The molecular formula is C9H11N3O2S. The van der Waals surface area contributed by atoms with Crippen molar-refractivity contribution in [3.8, 4) is 12.3 Å². The molecule has 5 nitrogen and oxygen atoms in total. The summed E-state index contributed by atoms with van der Waals surface area (Å²) in [5, 5.41) is 9.24. The first-order valence-corrected chi connectivity index (χ1v) is 5.17. The lowest BCUT2D eigenvalue weighted by Crippen LogP contribution is -2.29. The number of hydrogen-bond acceptors (Lipinski definition) is 5. The molecule has 0 aromatic carbocycles. The Kier molecular flexibility index (Phi) is 4.06. The molecule has 1 aromatic heterocycles. The molecule has 0 fully saturated rings. The lowest BCUT2D eigenvalue weighted by molar-refractivity contribution is -0.135. The fourth-order valence-corrected chi connectivity index (χ4v) is 1.73. The zero-order chi connectivity index (χ0) is 11.3. The van der Waals surface area contributed by atoms with Crippen molar-refractivity contribution in [1.82, 2.24) is 9.36 Å². The summed E-state index contributed by atoms with van der Waals surface area (Å²) in [4.78, 5) is 16.3. The molecule has 0 aliphatic carbocycles. The van der Waals surface area contributed by atoms with Crippen molar-refractivity contribution in [3.63, 3.8) is 0 Å². The Balaban J connectivity index is 2.79. The molecule has 80 valence electrons. The number of aliphatic carboxylic acids is 1. The summed E-state index contributed by atoms with van der Waals surface area (Å²) >= 11 is 1.17. The van der Waals surface area contributed by atoms with Crippen LogP contribution in [-0.4, -0.2) is 33.5 Å². The summed E-state index contributed by atoms with van der Waals surface area (Å²) in [5.74, 6) is 2.18. The van der Waals surface area contributed by atoms with Crippen LogP contribution >= 0.6 is 11.5 Å². The van der Waals surface area contributed by atoms with Gasteiger partial charge in [0.15, 0.2) is 0 Å². The third-order valence-corrected chi connectivity index (χ3v) is 2.47. The Morgan fingerprint density at radius 2 is 2.47 bits per heavy atom. The van der Waals surface area contributed by atoms with E-state index in [4.69, 9.17) is 11.5 Å². The van der Waals surface area contributed by atoms with Crippen molar-refractivity contribution in [1.29, 1.82) is 0 Å².